The number of fused-ring (bicyclic) bond motifs is 1. The zero-order chi connectivity index (χ0) is 22.0. The molecule has 1 aromatic carbocycles. The van der Waals surface area contributed by atoms with Crippen LogP contribution in [0.15, 0.2) is 30.3 Å². The Labute approximate surface area is 207 Å². The van der Waals surface area contributed by atoms with Crippen molar-refractivity contribution in [2.45, 2.75) is 61.5 Å². The van der Waals surface area contributed by atoms with Gasteiger partial charge in [-0.3, -0.25) is 4.79 Å². The molecule has 1 aliphatic heterocycles. The molecule has 0 aromatic heterocycles. The Balaban J connectivity index is 1.52. The normalized spacial score (nSPS) is 17.7. The van der Waals surface area contributed by atoms with Crippen LogP contribution in [0.2, 0.25) is 0 Å². The van der Waals surface area contributed by atoms with Crippen LogP contribution in [-0.4, -0.2) is 45.4 Å². The minimum atomic E-state index is -0.652. The fourth-order valence-corrected chi connectivity index (χ4v) is 3.70. The van der Waals surface area contributed by atoms with E-state index >= 15 is 0 Å². The SMILES string of the molecule is CN1c2ccccc2C(OCCCCCCCCCOC(=O)C(C)(I)CI)=CC1O. The molecular weight excluding hydrogens is 608 g/mol. The molecule has 2 unspecified atom stereocenters. The highest BCUT2D eigenvalue weighted by Crippen LogP contribution is 2.33. The minimum Gasteiger partial charge on any atom is -0.493 e. The molecule has 0 radical (unpaired) electrons. The Morgan fingerprint density at radius 3 is 2.37 bits per heavy atom. The summed E-state index contributed by atoms with van der Waals surface area (Å²) in [4.78, 5) is 13.7. The monoisotopic (exact) mass is 641 g/mol. The molecule has 2 rings (SSSR count). The molecule has 168 valence electrons. The van der Waals surface area contributed by atoms with Crippen LogP contribution >= 0.6 is 45.2 Å². The van der Waals surface area contributed by atoms with E-state index in [2.05, 4.69) is 45.2 Å². The lowest BCUT2D eigenvalue weighted by atomic mass is 10.1. The van der Waals surface area contributed by atoms with Gasteiger partial charge in [-0.05, 0) is 31.9 Å². The summed E-state index contributed by atoms with van der Waals surface area (Å²) in [6.07, 6.45) is 8.85. The van der Waals surface area contributed by atoms with Gasteiger partial charge in [0.1, 0.15) is 15.4 Å². The van der Waals surface area contributed by atoms with Crippen molar-refractivity contribution in [3.05, 3.63) is 35.9 Å². The number of likely N-dealkylation sites (N-methyl/N-ethyl adjacent to an activating group) is 1. The minimum absolute atomic E-state index is 0.104. The van der Waals surface area contributed by atoms with Gasteiger partial charge in [-0.25, -0.2) is 0 Å². The van der Waals surface area contributed by atoms with E-state index in [0.29, 0.717) is 13.2 Å². The van der Waals surface area contributed by atoms with Crippen molar-refractivity contribution in [1.82, 2.24) is 0 Å². The van der Waals surface area contributed by atoms with Crippen molar-refractivity contribution in [1.29, 1.82) is 0 Å². The van der Waals surface area contributed by atoms with Crippen molar-refractivity contribution in [2.75, 3.05) is 29.6 Å². The quantitative estimate of drug-likeness (QED) is 0.130. The van der Waals surface area contributed by atoms with Gasteiger partial charge in [-0.1, -0.05) is 89.4 Å². The molecule has 1 heterocycles. The Kier molecular flexibility index (Phi) is 11.2. The van der Waals surface area contributed by atoms with Crippen molar-refractivity contribution < 1.29 is 19.4 Å². The summed E-state index contributed by atoms with van der Waals surface area (Å²) < 4.78 is 11.7. The summed E-state index contributed by atoms with van der Waals surface area (Å²) in [5.41, 5.74) is 2.03. The molecule has 0 aliphatic carbocycles. The number of halogens is 2. The number of carbonyl (C=O) groups excluding carboxylic acids is 1. The lowest BCUT2D eigenvalue weighted by Gasteiger charge is -2.31. The van der Waals surface area contributed by atoms with Crippen LogP contribution in [0.4, 0.5) is 5.69 Å². The zero-order valence-corrected chi connectivity index (χ0v) is 22.2. The van der Waals surface area contributed by atoms with E-state index < -0.39 is 9.65 Å². The average Bonchev–Trinajstić information content (AvgIpc) is 2.75. The number of hydrogen-bond donors (Lipinski definition) is 1. The molecule has 0 fully saturated rings. The first-order valence-corrected chi connectivity index (χ1v) is 13.2. The fraction of sp³-hybridized carbons (Fsp3) is 0.609. The van der Waals surface area contributed by atoms with Gasteiger partial charge < -0.3 is 19.5 Å². The fourth-order valence-electron chi connectivity index (χ4n) is 3.23. The Hall–Kier alpha value is -0.550. The Bertz CT molecular complexity index is 708. The van der Waals surface area contributed by atoms with E-state index in [0.717, 1.165) is 47.1 Å². The molecule has 2 atom stereocenters. The van der Waals surface area contributed by atoms with Gasteiger partial charge in [0.15, 0.2) is 0 Å². The predicted molar refractivity (Wildman–Crippen MR) is 139 cm³/mol. The average molecular weight is 641 g/mol. The molecular formula is C23H33I2NO4. The van der Waals surface area contributed by atoms with Gasteiger partial charge >= 0.3 is 5.97 Å². The van der Waals surface area contributed by atoms with Gasteiger partial charge in [0.25, 0.3) is 0 Å². The summed E-state index contributed by atoms with van der Waals surface area (Å²) in [6.45, 7) is 3.11. The summed E-state index contributed by atoms with van der Waals surface area (Å²) >= 11 is 4.38. The number of carbonyl (C=O) groups is 1. The van der Waals surface area contributed by atoms with Crippen LogP contribution in [0.25, 0.3) is 5.76 Å². The number of hydrogen-bond acceptors (Lipinski definition) is 5. The number of nitrogens with zero attached hydrogens (tertiary/aromatic N) is 1. The first-order valence-electron chi connectivity index (χ1n) is 10.6. The molecule has 0 saturated heterocycles. The van der Waals surface area contributed by atoms with Crippen LogP contribution in [0.1, 0.15) is 57.4 Å². The van der Waals surface area contributed by atoms with Crippen LogP contribution in [0.5, 0.6) is 0 Å². The predicted octanol–water partition coefficient (Wildman–Crippen LogP) is 5.71. The number of unbranched alkanes of at least 4 members (excludes halogenated alkanes) is 6. The Morgan fingerprint density at radius 2 is 1.70 bits per heavy atom. The van der Waals surface area contributed by atoms with Crippen LogP contribution in [-0.2, 0) is 14.3 Å². The molecule has 5 nitrogen and oxygen atoms in total. The zero-order valence-electron chi connectivity index (χ0n) is 17.9. The van der Waals surface area contributed by atoms with Crippen molar-refractivity contribution in [2.24, 2.45) is 0 Å². The van der Waals surface area contributed by atoms with E-state index in [4.69, 9.17) is 9.47 Å². The molecule has 0 amide bonds. The smallest absolute Gasteiger partial charge is 0.322 e. The number of alkyl halides is 2. The third-order valence-corrected chi connectivity index (χ3v) is 9.01. The van der Waals surface area contributed by atoms with Gasteiger partial charge in [0.05, 0.1) is 13.2 Å². The number of benzene rings is 1. The number of anilines is 1. The summed E-state index contributed by atoms with van der Waals surface area (Å²) in [7, 11) is 1.88. The van der Waals surface area contributed by atoms with E-state index in [1.54, 1.807) is 6.08 Å². The topological polar surface area (TPSA) is 59.0 Å². The van der Waals surface area contributed by atoms with Gasteiger partial charge in [0.2, 0.25) is 0 Å². The van der Waals surface area contributed by atoms with Crippen LogP contribution in [0, 0.1) is 0 Å². The van der Waals surface area contributed by atoms with Crippen molar-refractivity contribution >= 4 is 62.6 Å². The second kappa shape index (κ2) is 13.1. The number of ether oxygens (including phenoxy) is 2. The second-order valence-electron chi connectivity index (χ2n) is 7.86. The number of aliphatic hydroxyl groups is 1. The molecule has 1 aliphatic rings. The third-order valence-electron chi connectivity index (χ3n) is 5.20. The number of rotatable bonds is 13. The lowest BCUT2D eigenvalue weighted by molar-refractivity contribution is -0.144. The molecule has 0 spiro atoms. The van der Waals surface area contributed by atoms with E-state index in [1.165, 1.54) is 19.3 Å². The first kappa shape index (κ1) is 25.7. The molecule has 1 aromatic rings. The number of aliphatic hydroxyl groups excluding tert-OH is 1. The van der Waals surface area contributed by atoms with E-state index in [9.17, 15) is 9.90 Å². The third kappa shape index (κ3) is 7.85. The summed E-state index contributed by atoms with van der Waals surface area (Å²) in [5.74, 6) is 0.670. The van der Waals surface area contributed by atoms with Gasteiger partial charge in [-0.2, -0.15) is 0 Å². The maximum Gasteiger partial charge on any atom is 0.322 e. The molecule has 1 N–H and O–H groups in total. The highest BCUT2D eigenvalue weighted by Gasteiger charge is 2.30. The maximum absolute atomic E-state index is 11.9. The Morgan fingerprint density at radius 1 is 1.10 bits per heavy atom. The second-order valence-corrected chi connectivity index (χ2v) is 11.0. The highest BCUT2D eigenvalue weighted by molar-refractivity contribution is 14.1. The molecule has 7 heteroatoms. The van der Waals surface area contributed by atoms with Crippen molar-refractivity contribution in [3.8, 4) is 0 Å². The van der Waals surface area contributed by atoms with Crippen LogP contribution in [0.3, 0.4) is 0 Å². The van der Waals surface area contributed by atoms with E-state index in [-0.39, 0.29) is 5.97 Å². The van der Waals surface area contributed by atoms with Crippen molar-refractivity contribution in [3.63, 3.8) is 0 Å². The molecule has 30 heavy (non-hydrogen) atoms. The number of para-hydroxylation sites is 1. The van der Waals surface area contributed by atoms with E-state index in [1.807, 2.05) is 43.1 Å². The van der Waals surface area contributed by atoms with Crippen LogP contribution < -0.4 is 4.90 Å². The lowest BCUT2D eigenvalue weighted by Crippen LogP contribution is -2.33. The summed E-state index contributed by atoms with van der Waals surface area (Å²) in [6, 6.07) is 8.00. The maximum atomic E-state index is 11.9. The number of esters is 1. The first-order chi connectivity index (χ1) is 14.4. The molecule has 0 bridgehead atoms. The summed E-state index contributed by atoms with van der Waals surface area (Å²) in [5, 5.41) is 10.2. The van der Waals surface area contributed by atoms with Gasteiger partial charge in [0, 0.05) is 28.8 Å². The largest absolute Gasteiger partial charge is 0.493 e. The molecule has 0 saturated carbocycles. The highest BCUT2D eigenvalue weighted by atomic mass is 127. The standard InChI is InChI=1S/C23H33I2NO4/c1-23(25,17-24)22(28)30-15-11-7-5-3-4-6-10-14-29-20-16-21(27)26(2)19-13-9-8-12-18(19)20/h8-9,12-13,16,21,27H,3-7,10-11,14-15,17H2,1-2H3. The van der Waals surface area contributed by atoms with Gasteiger partial charge in [-0.15, -0.1) is 0 Å².